The molecule has 2 aromatic rings. The van der Waals surface area contributed by atoms with E-state index in [1.165, 1.54) is 0 Å². The van der Waals surface area contributed by atoms with Crippen LogP contribution in [0.15, 0.2) is 18.2 Å². The molecule has 1 aromatic heterocycles. The summed E-state index contributed by atoms with van der Waals surface area (Å²) < 4.78 is 18.3. The Morgan fingerprint density at radius 1 is 1.38 bits per heavy atom. The van der Waals surface area contributed by atoms with Gasteiger partial charge in [-0.25, -0.2) is 9.48 Å². The number of nitrogens with zero attached hydrogens (tertiary/aromatic N) is 3. The summed E-state index contributed by atoms with van der Waals surface area (Å²) >= 11 is 0. The lowest BCUT2D eigenvalue weighted by Gasteiger charge is -2.13. The van der Waals surface area contributed by atoms with Crippen LogP contribution in [0.1, 0.15) is 5.69 Å². The van der Waals surface area contributed by atoms with Crippen LogP contribution in [0.4, 0.5) is 4.79 Å². The minimum absolute atomic E-state index is 0.0880. The summed E-state index contributed by atoms with van der Waals surface area (Å²) in [4.78, 5) is 10.9. The van der Waals surface area contributed by atoms with Gasteiger partial charge in [0.2, 0.25) is 6.79 Å². The van der Waals surface area contributed by atoms with Crippen LogP contribution in [-0.2, 0) is 17.9 Å². The van der Waals surface area contributed by atoms with Gasteiger partial charge in [-0.1, -0.05) is 5.21 Å². The minimum atomic E-state index is -0.542. The van der Waals surface area contributed by atoms with Crippen molar-refractivity contribution in [1.29, 1.82) is 0 Å². The standard InChI is InChI=1S/C15H17N5O4/c16-15(21)17-4-9-5-20-11(7-22-6-9)14(18-19-20)10-1-2-12-13(3-10)24-8-23-12/h1-3,9H,4-8H2,(H3,16,17,21). The Kier molecular flexibility index (Phi) is 3.69. The molecule has 2 aliphatic rings. The Hall–Kier alpha value is -2.81. The quantitative estimate of drug-likeness (QED) is 0.846. The topological polar surface area (TPSA) is 114 Å². The van der Waals surface area contributed by atoms with Gasteiger partial charge in [-0.2, -0.15) is 0 Å². The second-order valence-electron chi connectivity index (χ2n) is 5.76. The van der Waals surface area contributed by atoms with E-state index in [-0.39, 0.29) is 12.7 Å². The fourth-order valence-electron chi connectivity index (χ4n) is 2.88. The van der Waals surface area contributed by atoms with E-state index in [2.05, 4.69) is 15.6 Å². The van der Waals surface area contributed by atoms with Crippen LogP contribution in [0.2, 0.25) is 0 Å². The Bertz CT molecular complexity index is 775. The number of nitrogens with two attached hydrogens (primary N) is 1. The predicted molar refractivity (Wildman–Crippen MR) is 82.3 cm³/mol. The van der Waals surface area contributed by atoms with Crippen molar-refractivity contribution < 1.29 is 19.0 Å². The summed E-state index contributed by atoms with van der Waals surface area (Å²) in [5.74, 6) is 1.52. The number of primary amides is 1. The van der Waals surface area contributed by atoms with Gasteiger partial charge in [0.05, 0.1) is 18.9 Å². The minimum Gasteiger partial charge on any atom is -0.454 e. The molecule has 0 bridgehead atoms. The number of hydrogen-bond acceptors (Lipinski definition) is 6. The van der Waals surface area contributed by atoms with E-state index in [0.29, 0.717) is 32.1 Å². The van der Waals surface area contributed by atoms with E-state index in [1.807, 2.05) is 22.9 Å². The zero-order valence-electron chi connectivity index (χ0n) is 12.9. The molecule has 0 saturated heterocycles. The Morgan fingerprint density at radius 3 is 3.12 bits per heavy atom. The molecule has 3 N–H and O–H groups in total. The number of fused-ring (bicyclic) bond motifs is 2. The third-order valence-electron chi connectivity index (χ3n) is 4.07. The summed E-state index contributed by atoms with van der Waals surface area (Å²) in [7, 11) is 0. The zero-order chi connectivity index (χ0) is 16.5. The number of amides is 2. The van der Waals surface area contributed by atoms with E-state index in [4.69, 9.17) is 19.9 Å². The van der Waals surface area contributed by atoms with Crippen molar-refractivity contribution in [3.8, 4) is 22.8 Å². The monoisotopic (exact) mass is 331 g/mol. The molecule has 1 unspecified atom stereocenters. The van der Waals surface area contributed by atoms with Crippen LogP contribution in [0, 0.1) is 5.92 Å². The molecule has 2 aliphatic heterocycles. The number of rotatable bonds is 3. The van der Waals surface area contributed by atoms with Gasteiger partial charge >= 0.3 is 6.03 Å². The lowest BCUT2D eigenvalue weighted by molar-refractivity contribution is 0.0950. The van der Waals surface area contributed by atoms with Crippen LogP contribution in [0.5, 0.6) is 11.5 Å². The van der Waals surface area contributed by atoms with E-state index >= 15 is 0 Å². The largest absolute Gasteiger partial charge is 0.454 e. The molecule has 9 heteroatoms. The molecule has 126 valence electrons. The number of carbonyl (C=O) groups excluding carboxylic acids is 1. The van der Waals surface area contributed by atoms with Crippen molar-refractivity contribution in [2.24, 2.45) is 11.7 Å². The molecule has 24 heavy (non-hydrogen) atoms. The Labute approximate surface area is 137 Å². The maximum absolute atomic E-state index is 10.9. The molecule has 2 amide bonds. The number of ether oxygens (including phenoxy) is 3. The molecule has 3 heterocycles. The molecule has 1 aromatic carbocycles. The average Bonchev–Trinajstić information content (AvgIpc) is 3.14. The van der Waals surface area contributed by atoms with Crippen LogP contribution >= 0.6 is 0 Å². The highest BCUT2D eigenvalue weighted by molar-refractivity contribution is 5.71. The summed E-state index contributed by atoms with van der Waals surface area (Å²) in [6.07, 6.45) is 0. The van der Waals surface area contributed by atoms with Crippen molar-refractivity contribution in [3.63, 3.8) is 0 Å². The molecule has 4 rings (SSSR count). The third-order valence-corrected chi connectivity index (χ3v) is 4.07. The summed E-state index contributed by atoms with van der Waals surface area (Å²) in [6.45, 7) is 2.20. The number of hydrogen-bond donors (Lipinski definition) is 2. The van der Waals surface area contributed by atoms with Gasteiger partial charge in [0.15, 0.2) is 11.5 Å². The van der Waals surface area contributed by atoms with Gasteiger partial charge in [-0.3, -0.25) is 0 Å². The third kappa shape index (κ3) is 2.73. The fourth-order valence-corrected chi connectivity index (χ4v) is 2.88. The molecule has 0 saturated carbocycles. The molecule has 0 fully saturated rings. The highest BCUT2D eigenvalue weighted by Gasteiger charge is 2.24. The van der Waals surface area contributed by atoms with E-state index in [9.17, 15) is 4.79 Å². The van der Waals surface area contributed by atoms with Crippen molar-refractivity contribution >= 4 is 6.03 Å². The van der Waals surface area contributed by atoms with E-state index in [1.54, 1.807) is 0 Å². The highest BCUT2D eigenvalue weighted by atomic mass is 16.7. The lowest BCUT2D eigenvalue weighted by atomic mass is 10.1. The number of urea groups is 1. The van der Waals surface area contributed by atoms with Crippen molar-refractivity contribution in [2.75, 3.05) is 19.9 Å². The van der Waals surface area contributed by atoms with Gasteiger partial charge < -0.3 is 25.3 Å². The summed E-state index contributed by atoms with van der Waals surface area (Å²) in [5.41, 5.74) is 7.68. The number of nitrogens with one attached hydrogen (secondary N) is 1. The molecular weight excluding hydrogens is 314 g/mol. The first-order valence-electron chi connectivity index (χ1n) is 7.64. The van der Waals surface area contributed by atoms with Gasteiger partial charge in [0.1, 0.15) is 5.69 Å². The lowest BCUT2D eigenvalue weighted by Crippen LogP contribution is -2.36. The Balaban J connectivity index is 1.58. The van der Waals surface area contributed by atoms with E-state index < -0.39 is 6.03 Å². The van der Waals surface area contributed by atoms with Gasteiger partial charge in [0.25, 0.3) is 0 Å². The number of aromatic nitrogens is 3. The summed E-state index contributed by atoms with van der Waals surface area (Å²) in [5, 5.41) is 11.1. The molecule has 0 spiro atoms. The smallest absolute Gasteiger partial charge is 0.312 e. The second-order valence-corrected chi connectivity index (χ2v) is 5.76. The molecule has 9 nitrogen and oxygen atoms in total. The van der Waals surface area contributed by atoms with Crippen LogP contribution in [0.3, 0.4) is 0 Å². The second kappa shape index (κ2) is 6.00. The predicted octanol–water partition coefficient (Wildman–Crippen LogP) is 0.488. The van der Waals surface area contributed by atoms with Crippen molar-refractivity contribution in [3.05, 3.63) is 23.9 Å². The van der Waals surface area contributed by atoms with Crippen LogP contribution in [0.25, 0.3) is 11.3 Å². The van der Waals surface area contributed by atoms with Gasteiger partial charge in [0, 0.05) is 24.6 Å². The SMILES string of the molecule is NC(=O)NCC1COCc2c(-c3ccc4c(c3)OCO4)nnn2C1. The molecule has 0 aliphatic carbocycles. The first-order valence-corrected chi connectivity index (χ1v) is 7.64. The number of benzene rings is 1. The highest BCUT2D eigenvalue weighted by Crippen LogP contribution is 2.36. The molecule has 0 radical (unpaired) electrons. The van der Waals surface area contributed by atoms with Crippen molar-refractivity contribution in [2.45, 2.75) is 13.2 Å². The Morgan fingerprint density at radius 2 is 2.25 bits per heavy atom. The molecular formula is C15H17N5O4. The van der Waals surface area contributed by atoms with Gasteiger partial charge in [-0.05, 0) is 18.2 Å². The number of carbonyl (C=O) groups is 1. The average molecular weight is 331 g/mol. The van der Waals surface area contributed by atoms with Crippen molar-refractivity contribution in [1.82, 2.24) is 20.3 Å². The summed E-state index contributed by atoms with van der Waals surface area (Å²) in [6, 6.07) is 5.14. The van der Waals surface area contributed by atoms with Gasteiger partial charge in [-0.15, -0.1) is 5.10 Å². The first-order chi connectivity index (χ1) is 11.7. The first kappa shape index (κ1) is 14.8. The maximum Gasteiger partial charge on any atom is 0.312 e. The van der Waals surface area contributed by atoms with E-state index in [0.717, 1.165) is 22.7 Å². The maximum atomic E-state index is 10.9. The normalized spacial score (nSPS) is 18.8. The molecule has 1 atom stereocenters. The fraction of sp³-hybridized carbons (Fsp3) is 0.400. The van der Waals surface area contributed by atoms with Crippen LogP contribution in [-0.4, -0.2) is 41.0 Å². The van der Waals surface area contributed by atoms with Crippen LogP contribution < -0.4 is 20.5 Å². The zero-order valence-corrected chi connectivity index (χ0v) is 12.9.